The SMILES string of the molecule is CCN1C(=O)C(F)(F)c2cc(N)ccc21. The summed E-state index contributed by atoms with van der Waals surface area (Å²) >= 11 is 0. The number of fused-ring (bicyclic) bond motifs is 1. The number of amides is 1. The van der Waals surface area contributed by atoms with Crippen LogP contribution in [0.4, 0.5) is 20.2 Å². The molecule has 0 radical (unpaired) electrons. The molecule has 1 heterocycles. The normalized spacial score (nSPS) is 18.1. The number of rotatable bonds is 1. The van der Waals surface area contributed by atoms with Crippen molar-refractivity contribution in [2.45, 2.75) is 12.8 Å². The van der Waals surface area contributed by atoms with E-state index in [2.05, 4.69) is 0 Å². The van der Waals surface area contributed by atoms with Crippen LogP contribution in [0.1, 0.15) is 12.5 Å². The molecule has 0 spiro atoms. The summed E-state index contributed by atoms with van der Waals surface area (Å²) in [6.45, 7) is 1.88. The molecule has 0 bridgehead atoms. The molecule has 1 aliphatic heterocycles. The Morgan fingerprint density at radius 1 is 1.47 bits per heavy atom. The molecule has 1 aliphatic rings. The first-order valence-electron chi connectivity index (χ1n) is 4.58. The standard InChI is InChI=1S/C10H10F2N2O/c1-2-14-8-4-3-6(13)5-7(8)10(11,12)9(14)15/h3-5H,2,13H2,1H3. The molecule has 0 atom stereocenters. The summed E-state index contributed by atoms with van der Waals surface area (Å²) in [5, 5.41) is 0. The second-order valence-electron chi connectivity index (χ2n) is 3.40. The second-order valence-corrected chi connectivity index (χ2v) is 3.40. The molecule has 2 N–H and O–H groups in total. The van der Waals surface area contributed by atoms with Crippen LogP contribution in [-0.4, -0.2) is 12.5 Å². The Hall–Kier alpha value is -1.65. The Balaban J connectivity index is 2.65. The van der Waals surface area contributed by atoms with Crippen molar-refractivity contribution in [3.05, 3.63) is 23.8 Å². The summed E-state index contributed by atoms with van der Waals surface area (Å²) in [6.07, 6.45) is 0. The van der Waals surface area contributed by atoms with Gasteiger partial charge in [-0.1, -0.05) is 0 Å². The van der Waals surface area contributed by atoms with Gasteiger partial charge in [-0.15, -0.1) is 0 Å². The van der Waals surface area contributed by atoms with E-state index >= 15 is 0 Å². The fourth-order valence-electron chi connectivity index (χ4n) is 1.75. The molecular formula is C10H10F2N2O. The highest BCUT2D eigenvalue weighted by atomic mass is 19.3. The van der Waals surface area contributed by atoms with Gasteiger partial charge in [0.1, 0.15) is 0 Å². The number of hydrogen-bond acceptors (Lipinski definition) is 2. The van der Waals surface area contributed by atoms with Gasteiger partial charge in [0.25, 0.3) is 0 Å². The van der Waals surface area contributed by atoms with E-state index in [-0.39, 0.29) is 23.5 Å². The van der Waals surface area contributed by atoms with Crippen molar-refractivity contribution < 1.29 is 13.6 Å². The van der Waals surface area contributed by atoms with Crippen LogP contribution in [0, 0.1) is 0 Å². The summed E-state index contributed by atoms with van der Waals surface area (Å²) < 4.78 is 27.0. The maximum Gasteiger partial charge on any atom is 0.352 e. The van der Waals surface area contributed by atoms with E-state index in [1.165, 1.54) is 12.1 Å². The topological polar surface area (TPSA) is 46.3 Å². The molecule has 1 aromatic carbocycles. The molecule has 80 valence electrons. The third kappa shape index (κ3) is 1.19. The van der Waals surface area contributed by atoms with Gasteiger partial charge in [0.2, 0.25) is 0 Å². The zero-order valence-corrected chi connectivity index (χ0v) is 8.13. The number of anilines is 2. The first kappa shape index (κ1) is 9.89. The molecule has 3 nitrogen and oxygen atoms in total. The Labute approximate surface area is 85.5 Å². The molecular weight excluding hydrogens is 202 g/mol. The molecule has 0 aliphatic carbocycles. The van der Waals surface area contributed by atoms with Gasteiger partial charge in [0, 0.05) is 12.2 Å². The van der Waals surface area contributed by atoms with E-state index < -0.39 is 11.8 Å². The Morgan fingerprint density at radius 3 is 2.73 bits per heavy atom. The summed E-state index contributed by atoms with van der Waals surface area (Å²) in [5.41, 5.74) is 5.61. The highest BCUT2D eigenvalue weighted by molar-refractivity contribution is 6.06. The molecule has 0 saturated carbocycles. The van der Waals surface area contributed by atoms with Crippen molar-refractivity contribution in [2.75, 3.05) is 17.2 Å². The van der Waals surface area contributed by atoms with Gasteiger partial charge in [-0.05, 0) is 25.1 Å². The molecule has 0 unspecified atom stereocenters. The smallest absolute Gasteiger partial charge is 0.352 e. The van der Waals surface area contributed by atoms with Gasteiger partial charge in [-0.2, -0.15) is 8.78 Å². The van der Waals surface area contributed by atoms with E-state index in [0.29, 0.717) is 0 Å². The zero-order valence-electron chi connectivity index (χ0n) is 8.13. The van der Waals surface area contributed by atoms with Crippen LogP contribution in [-0.2, 0) is 10.7 Å². The maximum absolute atomic E-state index is 13.5. The molecule has 2 rings (SSSR count). The molecule has 0 aromatic heterocycles. The molecule has 0 fully saturated rings. The predicted molar refractivity (Wildman–Crippen MR) is 52.8 cm³/mol. The lowest BCUT2D eigenvalue weighted by Gasteiger charge is -2.13. The van der Waals surface area contributed by atoms with Crippen molar-refractivity contribution in [3.63, 3.8) is 0 Å². The number of carbonyl (C=O) groups excluding carboxylic acids is 1. The minimum absolute atomic E-state index is 0.228. The van der Waals surface area contributed by atoms with E-state index in [9.17, 15) is 13.6 Å². The van der Waals surface area contributed by atoms with Crippen LogP contribution in [0.25, 0.3) is 0 Å². The van der Waals surface area contributed by atoms with Crippen molar-refractivity contribution in [1.29, 1.82) is 0 Å². The monoisotopic (exact) mass is 212 g/mol. The number of nitrogens with two attached hydrogens (primary N) is 1. The maximum atomic E-state index is 13.5. The summed E-state index contributed by atoms with van der Waals surface area (Å²) in [7, 11) is 0. The van der Waals surface area contributed by atoms with Crippen LogP contribution < -0.4 is 10.6 Å². The number of nitrogen functional groups attached to an aromatic ring is 1. The van der Waals surface area contributed by atoms with Gasteiger partial charge in [-0.3, -0.25) is 4.79 Å². The number of carbonyl (C=O) groups is 1. The highest BCUT2D eigenvalue weighted by Crippen LogP contribution is 2.44. The van der Waals surface area contributed by atoms with E-state index in [0.717, 1.165) is 11.0 Å². The molecule has 5 heteroatoms. The largest absolute Gasteiger partial charge is 0.399 e. The Bertz CT molecular complexity index is 431. The predicted octanol–water partition coefficient (Wildman–Crippen LogP) is 1.73. The van der Waals surface area contributed by atoms with Crippen LogP contribution in [0.2, 0.25) is 0 Å². The van der Waals surface area contributed by atoms with E-state index in [1.54, 1.807) is 6.92 Å². The summed E-state index contributed by atoms with van der Waals surface area (Å²) in [6, 6.07) is 4.12. The Kier molecular flexibility index (Phi) is 1.92. The van der Waals surface area contributed by atoms with Crippen LogP contribution >= 0.6 is 0 Å². The first-order chi connectivity index (χ1) is 6.98. The number of benzene rings is 1. The van der Waals surface area contributed by atoms with Gasteiger partial charge in [-0.25, -0.2) is 0 Å². The third-order valence-electron chi connectivity index (χ3n) is 2.48. The third-order valence-corrected chi connectivity index (χ3v) is 2.48. The van der Waals surface area contributed by atoms with Crippen LogP contribution in [0.3, 0.4) is 0 Å². The number of alkyl halides is 2. The van der Waals surface area contributed by atoms with Gasteiger partial charge < -0.3 is 10.6 Å². The van der Waals surface area contributed by atoms with Gasteiger partial charge in [0.15, 0.2) is 0 Å². The Morgan fingerprint density at radius 2 is 2.13 bits per heavy atom. The highest BCUT2D eigenvalue weighted by Gasteiger charge is 2.52. The van der Waals surface area contributed by atoms with Gasteiger partial charge >= 0.3 is 11.8 Å². The average Bonchev–Trinajstić information content (AvgIpc) is 2.37. The number of likely N-dealkylation sites (N-methyl/N-ethyl adjacent to an activating group) is 1. The van der Waals surface area contributed by atoms with Gasteiger partial charge in [0.05, 0.1) is 11.3 Å². The van der Waals surface area contributed by atoms with Crippen molar-refractivity contribution in [2.24, 2.45) is 0 Å². The molecule has 0 saturated heterocycles. The van der Waals surface area contributed by atoms with Crippen molar-refractivity contribution >= 4 is 17.3 Å². The zero-order chi connectivity index (χ0) is 11.2. The fourth-order valence-corrected chi connectivity index (χ4v) is 1.75. The van der Waals surface area contributed by atoms with E-state index in [1.807, 2.05) is 0 Å². The fraction of sp³-hybridized carbons (Fsp3) is 0.300. The number of nitrogens with zero attached hydrogens (tertiary/aromatic N) is 1. The second kappa shape index (κ2) is 2.92. The lowest BCUT2D eigenvalue weighted by molar-refractivity contribution is -0.141. The van der Waals surface area contributed by atoms with Crippen molar-refractivity contribution in [3.8, 4) is 0 Å². The summed E-state index contributed by atoms with van der Waals surface area (Å²) in [5.74, 6) is -4.62. The van der Waals surface area contributed by atoms with Crippen LogP contribution in [0.15, 0.2) is 18.2 Å². The minimum Gasteiger partial charge on any atom is -0.399 e. The lowest BCUT2D eigenvalue weighted by atomic mass is 10.1. The lowest BCUT2D eigenvalue weighted by Crippen LogP contribution is -2.34. The van der Waals surface area contributed by atoms with E-state index in [4.69, 9.17) is 5.73 Å². The molecule has 1 aromatic rings. The summed E-state index contributed by atoms with van der Waals surface area (Å²) in [4.78, 5) is 12.4. The quantitative estimate of drug-likeness (QED) is 0.720. The molecule has 15 heavy (non-hydrogen) atoms. The van der Waals surface area contributed by atoms with Crippen LogP contribution in [0.5, 0.6) is 0 Å². The number of hydrogen-bond donors (Lipinski definition) is 1. The minimum atomic E-state index is -3.44. The van der Waals surface area contributed by atoms with Crippen molar-refractivity contribution in [1.82, 2.24) is 0 Å². The first-order valence-corrected chi connectivity index (χ1v) is 4.58. The molecule has 1 amide bonds. The average molecular weight is 212 g/mol. The number of halogens is 2.